The number of aliphatic imine (C=N–C) groups is 1. The first-order valence-corrected chi connectivity index (χ1v) is 4.09. The summed E-state index contributed by atoms with van der Waals surface area (Å²) >= 11 is 0. The van der Waals surface area contributed by atoms with Gasteiger partial charge < -0.3 is 4.74 Å². The third kappa shape index (κ3) is 2.68. The standard InChI is InChI=1S/C10H10FNO2/c1-14-9-4-2-8(3-5-9)10(11)6-12-7-13/h2-5,10H,6H2,1H3. The average molecular weight is 195 g/mol. The van der Waals surface area contributed by atoms with E-state index >= 15 is 0 Å². The first-order valence-electron chi connectivity index (χ1n) is 4.09. The summed E-state index contributed by atoms with van der Waals surface area (Å²) < 4.78 is 18.2. The fourth-order valence-electron chi connectivity index (χ4n) is 1.04. The van der Waals surface area contributed by atoms with Crippen LogP contribution in [-0.4, -0.2) is 19.7 Å². The summed E-state index contributed by atoms with van der Waals surface area (Å²) in [5.41, 5.74) is 0.477. The van der Waals surface area contributed by atoms with Crippen LogP contribution >= 0.6 is 0 Å². The Kier molecular flexibility index (Phi) is 3.83. The lowest BCUT2D eigenvalue weighted by atomic mass is 10.1. The molecule has 3 nitrogen and oxygen atoms in total. The van der Waals surface area contributed by atoms with Gasteiger partial charge in [0.25, 0.3) is 0 Å². The van der Waals surface area contributed by atoms with Gasteiger partial charge in [-0.1, -0.05) is 12.1 Å². The molecule has 0 spiro atoms. The van der Waals surface area contributed by atoms with Gasteiger partial charge in [-0.2, -0.15) is 0 Å². The van der Waals surface area contributed by atoms with Gasteiger partial charge in [-0.3, -0.25) is 0 Å². The first-order chi connectivity index (χ1) is 6.77. The van der Waals surface area contributed by atoms with E-state index in [0.717, 1.165) is 0 Å². The summed E-state index contributed by atoms with van der Waals surface area (Å²) in [4.78, 5) is 12.9. The molecule has 1 atom stereocenters. The molecule has 74 valence electrons. The van der Waals surface area contributed by atoms with E-state index < -0.39 is 6.17 Å². The van der Waals surface area contributed by atoms with Crippen LogP contribution < -0.4 is 4.74 Å². The minimum atomic E-state index is -1.26. The summed E-state index contributed by atoms with van der Waals surface area (Å²) in [6, 6.07) is 6.52. The Bertz CT molecular complexity index is 330. The van der Waals surface area contributed by atoms with Crippen LogP contribution in [0.4, 0.5) is 4.39 Å². The van der Waals surface area contributed by atoms with Crippen molar-refractivity contribution in [1.82, 2.24) is 0 Å². The Balaban J connectivity index is 2.70. The Morgan fingerprint density at radius 2 is 2.14 bits per heavy atom. The molecule has 0 radical (unpaired) electrons. The number of carbonyl (C=O) groups excluding carboxylic acids is 1. The number of hydrogen-bond donors (Lipinski definition) is 0. The lowest BCUT2D eigenvalue weighted by Crippen LogP contribution is -1.95. The van der Waals surface area contributed by atoms with Crippen LogP contribution in [0.2, 0.25) is 0 Å². The van der Waals surface area contributed by atoms with Crippen LogP contribution in [-0.2, 0) is 4.79 Å². The SMILES string of the molecule is COc1ccc(C(F)CN=C=O)cc1. The van der Waals surface area contributed by atoms with Gasteiger partial charge in [0.15, 0.2) is 0 Å². The number of isocyanates is 1. The van der Waals surface area contributed by atoms with E-state index in [-0.39, 0.29) is 6.54 Å². The molecule has 0 saturated carbocycles. The van der Waals surface area contributed by atoms with Gasteiger partial charge in [-0.15, -0.1) is 0 Å². The van der Waals surface area contributed by atoms with Crippen molar-refractivity contribution in [3.63, 3.8) is 0 Å². The van der Waals surface area contributed by atoms with E-state index in [1.54, 1.807) is 31.4 Å². The maximum absolute atomic E-state index is 13.2. The van der Waals surface area contributed by atoms with Gasteiger partial charge in [0.05, 0.1) is 13.7 Å². The van der Waals surface area contributed by atoms with Gasteiger partial charge in [0.1, 0.15) is 11.9 Å². The Hall–Kier alpha value is -1.67. The second kappa shape index (κ2) is 5.14. The van der Waals surface area contributed by atoms with Crippen molar-refractivity contribution in [2.75, 3.05) is 13.7 Å². The molecule has 0 aliphatic rings. The van der Waals surface area contributed by atoms with E-state index in [2.05, 4.69) is 4.99 Å². The number of hydrogen-bond acceptors (Lipinski definition) is 3. The van der Waals surface area contributed by atoms with Crippen molar-refractivity contribution in [1.29, 1.82) is 0 Å². The molecule has 0 saturated heterocycles. The molecule has 0 aromatic heterocycles. The first kappa shape index (κ1) is 10.4. The quantitative estimate of drug-likeness (QED) is 0.544. The Morgan fingerprint density at radius 1 is 1.50 bits per heavy atom. The summed E-state index contributed by atoms with van der Waals surface area (Å²) in [5.74, 6) is 0.667. The van der Waals surface area contributed by atoms with E-state index in [1.165, 1.54) is 6.08 Å². The number of ether oxygens (including phenoxy) is 1. The highest BCUT2D eigenvalue weighted by Gasteiger charge is 2.08. The van der Waals surface area contributed by atoms with E-state index in [0.29, 0.717) is 11.3 Å². The van der Waals surface area contributed by atoms with Crippen molar-refractivity contribution in [3.8, 4) is 5.75 Å². The minimum Gasteiger partial charge on any atom is -0.497 e. The van der Waals surface area contributed by atoms with Gasteiger partial charge >= 0.3 is 0 Å². The van der Waals surface area contributed by atoms with E-state index in [9.17, 15) is 9.18 Å². The van der Waals surface area contributed by atoms with E-state index in [4.69, 9.17) is 4.74 Å². The normalized spacial score (nSPS) is 11.6. The molecule has 0 N–H and O–H groups in total. The molecule has 1 rings (SSSR count). The number of rotatable bonds is 4. The maximum Gasteiger partial charge on any atom is 0.235 e. The van der Waals surface area contributed by atoms with Crippen LogP contribution in [0.5, 0.6) is 5.75 Å². The summed E-state index contributed by atoms with van der Waals surface area (Å²) in [6.07, 6.45) is 0.0395. The highest BCUT2D eigenvalue weighted by Crippen LogP contribution is 2.20. The smallest absolute Gasteiger partial charge is 0.235 e. The Morgan fingerprint density at radius 3 is 2.64 bits per heavy atom. The van der Waals surface area contributed by atoms with E-state index in [1.807, 2.05) is 0 Å². The second-order valence-corrected chi connectivity index (χ2v) is 2.67. The minimum absolute atomic E-state index is 0.185. The number of alkyl halides is 1. The predicted octanol–water partition coefficient (Wildman–Crippen LogP) is 2.04. The average Bonchev–Trinajstić information content (AvgIpc) is 2.26. The molecule has 4 heteroatoms. The maximum atomic E-state index is 13.2. The molecule has 1 aromatic rings. The van der Waals surface area contributed by atoms with Crippen molar-refractivity contribution >= 4 is 6.08 Å². The number of benzene rings is 1. The van der Waals surface area contributed by atoms with Crippen molar-refractivity contribution in [3.05, 3.63) is 29.8 Å². The molecule has 0 aliphatic heterocycles. The van der Waals surface area contributed by atoms with Crippen LogP contribution in [0.15, 0.2) is 29.3 Å². The largest absolute Gasteiger partial charge is 0.497 e. The second-order valence-electron chi connectivity index (χ2n) is 2.67. The van der Waals surface area contributed by atoms with Crippen LogP contribution in [0, 0.1) is 0 Å². The van der Waals surface area contributed by atoms with Gasteiger partial charge in [0, 0.05) is 0 Å². The molecule has 1 aromatic carbocycles. The molecular weight excluding hydrogens is 185 g/mol. The van der Waals surface area contributed by atoms with Crippen LogP contribution in [0.3, 0.4) is 0 Å². The lowest BCUT2D eigenvalue weighted by molar-refractivity contribution is 0.352. The van der Waals surface area contributed by atoms with Crippen LogP contribution in [0.25, 0.3) is 0 Å². The molecule has 0 amide bonds. The summed E-state index contributed by atoms with van der Waals surface area (Å²) in [7, 11) is 1.54. The molecule has 0 heterocycles. The topological polar surface area (TPSA) is 38.7 Å². The molecule has 14 heavy (non-hydrogen) atoms. The number of methoxy groups -OCH3 is 1. The van der Waals surface area contributed by atoms with Gasteiger partial charge in [-0.25, -0.2) is 14.2 Å². The van der Waals surface area contributed by atoms with Gasteiger partial charge in [-0.05, 0) is 17.7 Å². The zero-order valence-corrected chi connectivity index (χ0v) is 7.74. The van der Waals surface area contributed by atoms with Crippen molar-refractivity contribution in [2.45, 2.75) is 6.17 Å². The lowest BCUT2D eigenvalue weighted by Gasteiger charge is -2.05. The van der Waals surface area contributed by atoms with Crippen molar-refractivity contribution < 1.29 is 13.9 Å². The summed E-state index contributed by atoms with van der Waals surface area (Å²) in [5, 5.41) is 0. The number of halogens is 1. The Labute approximate surface area is 81.2 Å². The fourth-order valence-corrected chi connectivity index (χ4v) is 1.04. The van der Waals surface area contributed by atoms with Crippen LogP contribution in [0.1, 0.15) is 11.7 Å². The highest BCUT2D eigenvalue weighted by atomic mass is 19.1. The van der Waals surface area contributed by atoms with Gasteiger partial charge in [0.2, 0.25) is 6.08 Å². The third-order valence-corrected chi connectivity index (χ3v) is 1.79. The zero-order valence-electron chi connectivity index (χ0n) is 7.74. The predicted molar refractivity (Wildman–Crippen MR) is 49.8 cm³/mol. The number of nitrogens with zero attached hydrogens (tertiary/aromatic N) is 1. The monoisotopic (exact) mass is 195 g/mol. The van der Waals surface area contributed by atoms with Crippen molar-refractivity contribution in [2.24, 2.45) is 4.99 Å². The zero-order chi connectivity index (χ0) is 10.4. The fraction of sp³-hybridized carbons (Fsp3) is 0.300. The molecule has 0 aliphatic carbocycles. The molecule has 1 unspecified atom stereocenters. The highest BCUT2D eigenvalue weighted by molar-refractivity contribution is 5.33. The molecule has 0 fully saturated rings. The molecule has 0 bridgehead atoms. The summed E-state index contributed by atoms with van der Waals surface area (Å²) in [6.45, 7) is -0.185. The molecular formula is C10H10FNO2. The third-order valence-electron chi connectivity index (χ3n) is 1.79.